The van der Waals surface area contributed by atoms with E-state index in [-0.39, 0.29) is 17.9 Å². The zero-order valence-electron chi connectivity index (χ0n) is 14.8. The summed E-state index contributed by atoms with van der Waals surface area (Å²) in [6.45, 7) is 3.29. The largest absolute Gasteiger partial charge is 0.373 e. The van der Waals surface area contributed by atoms with Gasteiger partial charge < -0.3 is 19.9 Å². The maximum absolute atomic E-state index is 12.8. The van der Waals surface area contributed by atoms with E-state index in [1.807, 2.05) is 42.3 Å². The highest BCUT2D eigenvalue weighted by Gasteiger charge is 2.27. The van der Waals surface area contributed by atoms with Crippen LogP contribution in [0.4, 0.5) is 10.8 Å². The summed E-state index contributed by atoms with van der Waals surface area (Å²) in [5.74, 6) is -0.213. The maximum Gasteiger partial charge on any atom is 0.273 e. The zero-order valence-corrected chi connectivity index (χ0v) is 15.7. The van der Waals surface area contributed by atoms with Gasteiger partial charge in [-0.3, -0.25) is 9.59 Å². The molecule has 1 fully saturated rings. The molecule has 0 bridgehead atoms. The molecule has 1 unspecified atom stereocenters. The van der Waals surface area contributed by atoms with E-state index in [9.17, 15) is 9.59 Å². The number of benzene rings is 1. The fourth-order valence-corrected chi connectivity index (χ4v) is 3.51. The fourth-order valence-electron chi connectivity index (χ4n) is 2.73. The van der Waals surface area contributed by atoms with Gasteiger partial charge in [-0.05, 0) is 12.1 Å². The summed E-state index contributed by atoms with van der Waals surface area (Å²) in [5, 5.41) is 5.28. The van der Waals surface area contributed by atoms with E-state index in [4.69, 9.17) is 4.74 Å². The van der Waals surface area contributed by atoms with Crippen molar-refractivity contribution in [1.82, 2.24) is 15.2 Å². The number of hydrogen-bond donors (Lipinski definition) is 1. The van der Waals surface area contributed by atoms with Crippen LogP contribution in [0.5, 0.6) is 0 Å². The van der Waals surface area contributed by atoms with E-state index in [1.54, 1.807) is 10.3 Å². The summed E-state index contributed by atoms with van der Waals surface area (Å²) in [4.78, 5) is 32.0. The Morgan fingerprint density at radius 1 is 1.38 bits per heavy atom. The van der Waals surface area contributed by atoms with Crippen molar-refractivity contribution < 1.29 is 14.3 Å². The Morgan fingerprint density at radius 3 is 2.88 bits per heavy atom. The number of thiazole rings is 1. The van der Waals surface area contributed by atoms with Gasteiger partial charge in [-0.15, -0.1) is 11.3 Å². The van der Waals surface area contributed by atoms with Crippen molar-refractivity contribution in [3.05, 3.63) is 41.4 Å². The molecule has 2 amide bonds. The monoisotopic (exact) mass is 374 g/mol. The van der Waals surface area contributed by atoms with Gasteiger partial charge in [0.2, 0.25) is 5.91 Å². The number of morpholine rings is 1. The molecular formula is C18H22N4O3S. The van der Waals surface area contributed by atoms with E-state index in [0.29, 0.717) is 31.9 Å². The van der Waals surface area contributed by atoms with Crippen LogP contribution in [0.3, 0.4) is 0 Å². The first kappa shape index (κ1) is 18.3. The minimum Gasteiger partial charge on any atom is -0.373 e. The molecule has 0 saturated carbocycles. The number of carbonyl (C=O) groups is 2. The molecule has 1 aliphatic heterocycles. The van der Waals surface area contributed by atoms with Crippen LogP contribution in [0, 0.1) is 0 Å². The molecule has 1 atom stereocenters. The standard InChI is InChI=1S/C18H22N4O3S/c1-13(23)19-10-15-11-22(8-9-25-15)17(24)16-12-26-18(20-16)21(2)14-6-4-3-5-7-14/h3-7,12,15H,8-11H2,1-2H3,(H,19,23). The molecule has 1 N–H and O–H groups in total. The number of anilines is 2. The summed E-state index contributed by atoms with van der Waals surface area (Å²) in [6, 6.07) is 9.89. The Balaban J connectivity index is 1.65. The van der Waals surface area contributed by atoms with Gasteiger partial charge in [0.1, 0.15) is 5.69 Å². The predicted molar refractivity (Wildman–Crippen MR) is 101 cm³/mol. The zero-order chi connectivity index (χ0) is 18.5. The maximum atomic E-state index is 12.8. The van der Waals surface area contributed by atoms with Crippen molar-refractivity contribution in [3.8, 4) is 0 Å². The Morgan fingerprint density at radius 2 is 2.15 bits per heavy atom. The third kappa shape index (κ3) is 4.39. The summed E-state index contributed by atoms with van der Waals surface area (Å²) >= 11 is 1.44. The van der Waals surface area contributed by atoms with Crippen LogP contribution >= 0.6 is 11.3 Å². The third-order valence-corrected chi connectivity index (χ3v) is 5.06. The van der Waals surface area contributed by atoms with Crippen LogP contribution in [0.2, 0.25) is 0 Å². The van der Waals surface area contributed by atoms with Gasteiger partial charge in [0.25, 0.3) is 5.91 Å². The first-order chi connectivity index (χ1) is 12.5. The van der Waals surface area contributed by atoms with Crippen LogP contribution < -0.4 is 10.2 Å². The van der Waals surface area contributed by atoms with E-state index < -0.39 is 0 Å². The van der Waals surface area contributed by atoms with Crippen LogP contribution in [0.25, 0.3) is 0 Å². The van der Waals surface area contributed by atoms with Crippen molar-refractivity contribution in [2.24, 2.45) is 0 Å². The molecule has 1 aromatic carbocycles. The molecule has 3 rings (SSSR count). The minimum absolute atomic E-state index is 0.106. The van der Waals surface area contributed by atoms with Gasteiger partial charge in [-0.1, -0.05) is 18.2 Å². The molecule has 2 aromatic rings. The Hall–Kier alpha value is -2.45. The molecule has 26 heavy (non-hydrogen) atoms. The van der Waals surface area contributed by atoms with Gasteiger partial charge in [-0.2, -0.15) is 0 Å². The van der Waals surface area contributed by atoms with Crippen LogP contribution in [0.1, 0.15) is 17.4 Å². The van der Waals surface area contributed by atoms with Gasteiger partial charge >= 0.3 is 0 Å². The lowest BCUT2D eigenvalue weighted by Crippen LogP contribution is -2.49. The number of nitrogens with zero attached hydrogens (tertiary/aromatic N) is 3. The highest BCUT2D eigenvalue weighted by Crippen LogP contribution is 2.27. The molecule has 8 heteroatoms. The number of amides is 2. The van der Waals surface area contributed by atoms with Gasteiger partial charge in [0.15, 0.2) is 5.13 Å². The number of aromatic nitrogens is 1. The van der Waals surface area contributed by atoms with Crippen LogP contribution in [-0.2, 0) is 9.53 Å². The molecule has 0 radical (unpaired) electrons. The smallest absolute Gasteiger partial charge is 0.273 e. The molecule has 1 saturated heterocycles. The molecule has 1 aromatic heterocycles. The molecule has 1 aliphatic rings. The first-order valence-electron chi connectivity index (χ1n) is 8.44. The molecule has 138 valence electrons. The number of nitrogens with one attached hydrogen (secondary N) is 1. The van der Waals surface area contributed by atoms with Crippen molar-refractivity contribution >= 4 is 34.0 Å². The van der Waals surface area contributed by atoms with Gasteiger partial charge in [0, 0.05) is 44.7 Å². The minimum atomic E-state index is -0.193. The average molecular weight is 374 g/mol. The molecular weight excluding hydrogens is 352 g/mol. The van der Waals surface area contributed by atoms with Gasteiger partial charge in [0.05, 0.1) is 12.7 Å². The molecule has 0 aliphatic carbocycles. The first-order valence-corrected chi connectivity index (χ1v) is 9.32. The van der Waals surface area contributed by atoms with E-state index >= 15 is 0 Å². The Kier molecular flexibility index (Phi) is 5.85. The summed E-state index contributed by atoms with van der Waals surface area (Å²) in [7, 11) is 1.93. The Bertz CT molecular complexity index is 765. The number of ether oxygens (including phenoxy) is 1. The summed E-state index contributed by atoms with van der Waals surface area (Å²) in [6.07, 6.45) is -0.193. The van der Waals surface area contributed by atoms with Crippen LogP contribution in [-0.4, -0.2) is 61.1 Å². The van der Waals surface area contributed by atoms with Crippen molar-refractivity contribution in [2.45, 2.75) is 13.0 Å². The number of rotatable bonds is 5. The lowest BCUT2D eigenvalue weighted by Gasteiger charge is -2.32. The summed E-state index contributed by atoms with van der Waals surface area (Å²) in [5.41, 5.74) is 1.45. The van der Waals surface area contributed by atoms with E-state index in [0.717, 1.165) is 10.8 Å². The third-order valence-electron chi connectivity index (χ3n) is 4.15. The fraction of sp³-hybridized carbons (Fsp3) is 0.389. The predicted octanol–water partition coefficient (Wildman–Crippen LogP) is 1.89. The number of carbonyl (C=O) groups excluding carboxylic acids is 2. The van der Waals surface area contributed by atoms with Crippen molar-refractivity contribution in [2.75, 3.05) is 38.2 Å². The Labute approximate surface area is 156 Å². The van der Waals surface area contributed by atoms with Gasteiger partial charge in [-0.25, -0.2) is 4.98 Å². The second-order valence-corrected chi connectivity index (χ2v) is 6.93. The van der Waals surface area contributed by atoms with Crippen molar-refractivity contribution in [3.63, 3.8) is 0 Å². The SMILES string of the molecule is CC(=O)NCC1CN(C(=O)c2csc(N(C)c3ccccc3)n2)CCO1. The number of hydrogen-bond acceptors (Lipinski definition) is 6. The normalized spacial score (nSPS) is 17.0. The second-order valence-electron chi connectivity index (χ2n) is 6.09. The quantitative estimate of drug-likeness (QED) is 0.865. The highest BCUT2D eigenvalue weighted by atomic mass is 32.1. The second kappa shape index (κ2) is 8.29. The summed E-state index contributed by atoms with van der Waals surface area (Å²) < 4.78 is 5.61. The lowest BCUT2D eigenvalue weighted by atomic mass is 10.2. The molecule has 2 heterocycles. The van der Waals surface area contributed by atoms with Crippen molar-refractivity contribution in [1.29, 1.82) is 0 Å². The van der Waals surface area contributed by atoms with E-state index in [2.05, 4.69) is 10.3 Å². The lowest BCUT2D eigenvalue weighted by molar-refractivity contribution is -0.120. The molecule has 7 nitrogen and oxygen atoms in total. The average Bonchev–Trinajstić information content (AvgIpc) is 3.16. The topological polar surface area (TPSA) is 74.8 Å². The number of para-hydroxylation sites is 1. The molecule has 0 spiro atoms. The van der Waals surface area contributed by atoms with Crippen LogP contribution in [0.15, 0.2) is 35.7 Å². The highest BCUT2D eigenvalue weighted by molar-refractivity contribution is 7.14. The van der Waals surface area contributed by atoms with E-state index in [1.165, 1.54) is 18.3 Å².